The Bertz CT molecular complexity index is 653. The van der Waals surface area contributed by atoms with Crippen molar-refractivity contribution in [3.8, 4) is 0 Å². The van der Waals surface area contributed by atoms with Crippen molar-refractivity contribution in [2.45, 2.75) is 12.8 Å². The van der Waals surface area contributed by atoms with Crippen molar-refractivity contribution < 1.29 is 19.1 Å². The van der Waals surface area contributed by atoms with Crippen LogP contribution in [0.5, 0.6) is 0 Å². The number of halogens is 1. The molecule has 4 amide bonds. The van der Waals surface area contributed by atoms with E-state index in [1.807, 2.05) is 0 Å². The number of amides is 4. The third-order valence-electron chi connectivity index (χ3n) is 3.61. The smallest absolute Gasteiger partial charge is 0.319 e. The molecule has 1 saturated heterocycles. The van der Waals surface area contributed by atoms with Crippen molar-refractivity contribution in [2.24, 2.45) is 0 Å². The highest BCUT2D eigenvalue weighted by Gasteiger charge is 2.19. The van der Waals surface area contributed by atoms with Crippen LogP contribution in [0.2, 0.25) is 5.02 Å². The Morgan fingerprint density at radius 2 is 2.12 bits per heavy atom. The molecule has 2 rings (SSSR count). The third kappa shape index (κ3) is 5.91. The third-order valence-corrected chi connectivity index (χ3v) is 3.94. The summed E-state index contributed by atoms with van der Waals surface area (Å²) in [5, 5.41) is 8.27. The van der Waals surface area contributed by atoms with Gasteiger partial charge in [-0.05, 0) is 24.6 Å². The number of nitrogens with zero attached hydrogens (tertiary/aromatic N) is 1. The van der Waals surface area contributed by atoms with Crippen LogP contribution in [0.1, 0.15) is 12.8 Å². The van der Waals surface area contributed by atoms with Gasteiger partial charge in [0.15, 0.2) is 0 Å². The Morgan fingerprint density at radius 3 is 2.80 bits per heavy atom. The molecule has 9 heteroatoms. The number of methoxy groups -OCH3 is 1. The molecule has 1 heterocycles. The van der Waals surface area contributed by atoms with Gasteiger partial charge in [-0.1, -0.05) is 11.6 Å². The van der Waals surface area contributed by atoms with Gasteiger partial charge in [0.25, 0.3) is 0 Å². The summed E-state index contributed by atoms with van der Waals surface area (Å²) in [5.41, 5.74) is 0.857. The van der Waals surface area contributed by atoms with E-state index in [1.165, 1.54) is 7.11 Å². The zero-order chi connectivity index (χ0) is 18.2. The Kier molecular flexibility index (Phi) is 7.03. The maximum atomic E-state index is 12.0. The van der Waals surface area contributed by atoms with Crippen LogP contribution in [0, 0.1) is 0 Å². The van der Waals surface area contributed by atoms with Crippen LogP contribution in [-0.4, -0.2) is 56.1 Å². The van der Waals surface area contributed by atoms with Crippen LogP contribution in [0.25, 0.3) is 0 Å². The molecule has 1 fully saturated rings. The molecule has 1 aromatic carbocycles. The summed E-state index contributed by atoms with van der Waals surface area (Å²) >= 11 is 6.06. The highest BCUT2D eigenvalue weighted by Crippen LogP contribution is 2.25. The molecule has 0 bridgehead atoms. The maximum absolute atomic E-state index is 12.0. The normalized spacial score (nSPS) is 13.7. The van der Waals surface area contributed by atoms with Crippen molar-refractivity contribution in [3.63, 3.8) is 0 Å². The molecule has 1 aromatic rings. The lowest BCUT2D eigenvalue weighted by Crippen LogP contribution is -2.37. The number of benzene rings is 1. The number of hydrogen-bond acceptors (Lipinski definition) is 4. The number of carbonyl (C=O) groups is 3. The highest BCUT2D eigenvalue weighted by molar-refractivity contribution is 6.33. The van der Waals surface area contributed by atoms with Crippen LogP contribution in [-0.2, 0) is 14.3 Å². The molecule has 0 spiro atoms. The van der Waals surface area contributed by atoms with Crippen molar-refractivity contribution in [2.75, 3.05) is 44.0 Å². The van der Waals surface area contributed by atoms with E-state index < -0.39 is 6.03 Å². The number of rotatable bonds is 7. The fourth-order valence-corrected chi connectivity index (χ4v) is 2.60. The first-order chi connectivity index (χ1) is 12.0. The molecular formula is C16H21ClN4O4. The molecule has 136 valence electrons. The van der Waals surface area contributed by atoms with Gasteiger partial charge in [-0.3, -0.25) is 9.59 Å². The van der Waals surface area contributed by atoms with Gasteiger partial charge >= 0.3 is 6.03 Å². The molecule has 25 heavy (non-hydrogen) atoms. The monoisotopic (exact) mass is 368 g/mol. The van der Waals surface area contributed by atoms with Gasteiger partial charge in [-0.25, -0.2) is 4.79 Å². The first-order valence-electron chi connectivity index (χ1n) is 7.90. The zero-order valence-electron chi connectivity index (χ0n) is 13.9. The second-order valence-electron chi connectivity index (χ2n) is 5.54. The molecule has 3 N–H and O–H groups in total. The fourth-order valence-electron chi connectivity index (χ4n) is 2.44. The number of ether oxygens (including phenoxy) is 1. The summed E-state index contributed by atoms with van der Waals surface area (Å²) in [4.78, 5) is 36.7. The van der Waals surface area contributed by atoms with Gasteiger partial charge in [0.1, 0.15) is 6.61 Å². The predicted octanol–water partition coefficient (Wildman–Crippen LogP) is 1.67. The lowest BCUT2D eigenvalue weighted by atomic mass is 10.2. The van der Waals surface area contributed by atoms with Crippen molar-refractivity contribution in [3.05, 3.63) is 23.2 Å². The SMILES string of the molecule is COCC(=O)Nc1ccc(Cl)c(NC(=O)NCCN2CCCC2=O)c1. The number of nitrogens with one attached hydrogen (secondary N) is 3. The van der Waals surface area contributed by atoms with Gasteiger partial charge in [0.2, 0.25) is 11.8 Å². The van der Waals surface area contributed by atoms with Crippen LogP contribution < -0.4 is 16.0 Å². The van der Waals surface area contributed by atoms with E-state index in [0.29, 0.717) is 35.9 Å². The average molecular weight is 369 g/mol. The standard InChI is InChI=1S/C16H21ClN4O4/c1-25-10-14(22)19-11-4-5-12(17)13(9-11)20-16(24)18-6-8-21-7-2-3-15(21)23/h4-5,9H,2-3,6-8,10H2,1H3,(H,19,22)(H2,18,20,24). The molecule has 0 atom stereocenters. The van der Waals surface area contributed by atoms with Crippen LogP contribution in [0.15, 0.2) is 18.2 Å². The Morgan fingerprint density at radius 1 is 1.32 bits per heavy atom. The van der Waals surface area contributed by atoms with Crippen LogP contribution in [0.3, 0.4) is 0 Å². The van der Waals surface area contributed by atoms with E-state index >= 15 is 0 Å². The topological polar surface area (TPSA) is 99.8 Å². The lowest BCUT2D eigenvalue weighted by molar-refractivity contribution is -0.127. The minimum atomic E-state index is -0.436. The van der Waals surface area contributed by atoms with E-state index in [9.17, 15) is 14.4 Å². The molecule has 0 saturated carbocycles. The lowest BCUT2D eigenvalue weighted by Gasteiger charge is -2.16. The van der Waals surface area contributed by atoms with Crippen molar-refractivity contribution in [1.29, 1.82) is 0 Å². The molecule has 0 radical (unpaired) electrons. The second-order valence-corrected chi connectivity index (χ2v) is 5.95. The van der Waals surface area contributed by atoms with Gasteiger partial charge < -0.3 is 25.6 Å². The maximum Gasteiger partial charge on any atom is 0.319 e. The van der Waals surface area contributed by atoms with E-state index in [0.717, 1.165) is 13.0 Å². The number of anilines is 2. The quantitative estimate of drug-likeness (QED) is 0.681. The predicted molar refractivity (Wildman–Crippen MR) is 94.8 cm³/mol. The largest absolute Gasteiger partial charge is 0.375 e. The Labute approximate surface area is 150 Å². The summed E-state index contributed by atoms with van der Waals surface area (Å²) in [6.45, 7) is 1.49. The zero-order valence-corrected chi connectivity index (χ0v) is 14.7. The molecular weight excluding hydrogens is 348 g/mol. The highest BCUT2D eigenvalue weighted by atomic mass is 35.5. The van der Waals surface area contributed by atoms with Crippen LogP contribution >= 0.6 is 11.6 Å². The Hall–Kier alpha value is -2.32. The molecule has 8 nitrogen and oxygen atoms in total. The summed E-state index contributed by atoms with van der Waals surface area (Å²) in [6, 6.07) is 4.31. The average Bonchev–Trinajstić information content (AvgIpc) is 2.96. The summed E-state index contributed by atoms with van der Waals surface area (Å²) in [7, 11) is 1.43. The van der Waals surface area contributed by atoms with E-state index in [1.54, 1.807) is 23.1 Å². The summed E-state index contributed by atoms with van der Waals surface area (Å²) in [6.07, 6.45) is 1.44. The molecule has 1 aliphatic heterocycles. The van der Waals surface area contributed by atoms with Gasteiger partial charge in [-0.2, -0.15) is 0 Å². The number of urea groups is 1. The van der Waals surface area contributed by atoms with Gasteiger partial charge in [0, 0.05) is 38.9 Å². The molecule has 0 unspecified atom stereocenters. The summed E-state index contributed by atoms with van der Waals surface area (Å²) < 4.78 is 4.74. The Balaban J connectivity index is 1.84. The second kappa shape index (κ2) is 9.24. The minimum Gasteiger partial charge on any atom is -0.375 e. The molecule has 0 aliphatic carbocycles. The van der Waals surface area contributed by atoms with Gasteiger partial charge in [-0.15, -0.1) is 0 Å². The fraction of sp³-hybridized carbons (Fsp3) is 0.438. The van der Waals surface area contributed by atoms with E-state index in [-0.39, 0.29) is 18.4 Å². The number of hydrogen-bond donors (Lipinski definition) is 3. The van der Waals surface area contributed by atoms with Crippen molar-refractivity contribution >= 4 is 40.8 Å². The molecule has 1 aliphatic rings. The number of carbonyl (C=O) groups excluding carboxylic acids is 3. The summed E-state index contributed by atoms with van der Waals surface area (Å²) in [5.74, 6) is -0.194. The first kappa shape index (κ1) is 19.0. The number of likely N-dealkylation sites (tertiary alicyclic amines) is 1. The first-order valence-corrected chi connectivity index (χ1v) is 8.28. The molecule has 0 aromatic heterocycles. The van der Waals surface area contributed by atoms with Crippen molar-refractivity contribution in [1.82, 2.24) is 10.2 Å². The minimum absolute atomic E-state index is 0.0684. The van der Waals surface area contributed by atoms with Gasteiger partial charge in [0.05, 0.1) is 10.7 Å². The van der Waals surface area contributed by atoms with Crippen LogP contribution in [0.4, 0.5) is 16.2 Å². The van der Waals surface area contributed by atoms with E-state index in [4.69, 9.17) is 16.3 Å². The van der Waals surface area contributed by atoms with E-state index in [2.05, 4.69) is 16.0 Å².